The first-order chi connectivity index (χ1) is 23.4. The van der Waals surface area contributed by atoms with Crippen LogP contribution in [0.1, 0.15) is 73.4 Å². The summed E-state index contributed by atoms with van der Waals surface area (Å²) in [7, 11) is 3.32. The van der Waals surface area contributed by atoms with E-state index < -0.39 is 6.29 Å². The third-order valence-corrected chi connectivity index (χ3v) is 9.83. The molecule has 2 amide bonds. The van der Waals surface area contributed by atoms with E-state index in [4.69, 9.17) is 18.9 Å². The highest BCUT2D eigenvalue weighted by atomic mass is 16.7. The Morgan fingerprint density at radius 1 is 0.792 bits per heavy atom. The number of hydrogen-bond acceptors (Lipinski definition) is 8. The quantitative estimate of drug-likeness (QED) is 0.226. The number of benzene rings is 4. The molecule has 4 atom stereocenters. The highest BCUT2D eigenvalue weighted by Gasteiger charge is 2.40. The van der Waals surface area contributed by atoms with Crippen molar-refractivity contribution in [3.8, 4) is 11.5 Å². The van der Waals surface area contributed by atoms with Gasteiger partial charge in [-0.25, -0.2) is 0 Å². The van der Waals surface area contributed by atoms with Crippen LogP contribution in [0.4, 0.5) is 0 Å². The molecule has 0 aromatic heterocycles. The van der Waals surface area contributed by atoms with Gasteiger partial charge < -0.3 is 24.1 Å². The minimum Gasteiger partial charge on any atom is -0.493 e. The Morgan fingerprint density at radius 3 is 2.02 bits per heavy atom. The highest BCUT2D eigenvalue weighted by Crippen LogP contribution is 2.42. The molecule has 1 fully saturated rings. The normalized spacial score (nSPS) is 22.4. The van der Waals surface area contributed by atoms with Gasteiger partial charge in [0.05, 0.1) is 50.7 Å². The molecule has 0 radical (unpaired) electrons. The summed E-state index contributed by atoms with van der Waals surface area (Å²) in [5.41, 5.74) is 6.95. The monoisotopic (exact) mass is 648 g/mol. The summed E-state index contributed by atoms with van der Waals surface area (Å²) in [6.07, 6.45) is -0.0902. The fourth-order valence-corrected chi connectivity index (χ4v) is 7.03. The molecule has 248 valence electrons. The van der Waals surface area contributed by atoms with Gasteiger partial charge in [0.1, 0.15) is 0 Å². The van der Waals surface area contributed by atoms with Crippen LogP contribution in [0.25, 0.3) is 0 Å². The van der Waals surface area contributed by atoms with Crippen LogP contribution in [0.15, 0.2) is 84.9 Å². The van der Waals surface area contributed by atoms with E-state index in [0.717, 1.165) is 59.8 Å². The van der Waals surface area contributed by atoms with Gasteiger partial charge in [0, 0.05) is 31.1 Å². The number of hydrogen-bond donors (Lipinski definition) is 1. The van der Waals surface area contributed by atoms with Crippen molar-refractivity contribution in [2.45, 2.75) is 51.5 Å². The minimum atomic E-state index is -0.622. The molecule has 3 heterocycles. The average molecular weight is 649 g/mol. The molecule has 3 aliphatic rings. The summed E-state index contributed by atoms with van der Waals surface area (Å²) in [4.78, 5) is 29.6. The second-order valence-corrected chi connectivity index (χ2v) is 12.8. The van der Waals surface area contributed by atoms with Crippen molar-refractivity contribution in [2.75, 3.05) is 27.3 Å². The molecule has 0 spiro atoms. The summed E-state index contributed by atoms with van der Waals surface area (Å²) in [6.45, 7) is 4.72. The van der Waals surface area contributed by atoms with E-state index in [1.54, 1.807) is 38.5 Å². The van der Waals surface area contributed by atoms with Gasteiger partial charge in [-0.05, 0) is 58.5 Å². The number of aliphatic hydroxyl groups is 1. The topological polar surface area (TPSA) is 97.8 Å². The maximum Gasteiger partial charge on any atom is 0.261 e. The van der Waals surface area contributed by atoms with Crippen molar-refractivity contribution < 1.29 is 33.6 Å². The van der Waals surface area contributed by atoms with Crippen LogP contribution in [-0.4, -0.2) is 60.1 Å². The van der Waals surface area contributed by atoms with Crippen LogP contribution >= 0.6 is 0 Å². The molecule has 0 aliphatic carbocycles. The van der Waals surface area contributed by atoms with Crippen LogP contribution in [-0.2, 0) is 35.6 Å². The van der Waals surface area contributed by atoms with E-state index in [9.17, 15) is 14.7 Å². The number of methoxy groups -OCH3 is 2. The van der Waals surface area contributed by atoms with E-state index >= 15 is 0 Å². The Morgan fingerprint density at radius 2 is 1.40 bits per heavy atom. The Hall–Kier alpha value is -4.54. The first-order valence-electron chi connectivity index (χ1n) is 16.4. The van der Waals surface area contributed by atoms with Gasteiger partial charge in [0.15, 0.2) is 17.8 Å². The molecule has 3 aliphatic heterocycles. The number of nitrogens with zero attached hydrogens (tertiary/aromatic N) is 2. The standard InChI is InChI=1S/C39H40N2O7/c1-24-35(22-40-17-16-29-18-33(45-2)34(46-3)19-30(29)21-40)47-39(48-36(24)27-12-10-26(23-42)11-13-27)28-14-8-25(9-15-28)20-41-37(43)31-6-4-5-7-32(31)38(41)44/h4-15,18-19,24,35-36,39,42H,16-17,20-23H2,1-3H3/t24-,35+,36+,39+/m0/s1. The molecule has 9 nitrogen and oxygen atoms in total. The largest absolute Gasteiger partial charge is 0.493 e. The molecule has 0 saturated carbocycles. The zero-order valence-electron chi connectivity index (χ0n) is 27.4. The van der Waals surface area contributed by atoms with E-state index in [0.29, 0.717) is 11.1 Å². The van der Waals surface area contributed by atoms with E-state index in [-0.39, 0.29) is 43.1 Å². The fraction of sp³-hybridized carbons (Fsp3) is 0.333. The molecule has 4 aromatic carbocycles. The number of carbonyl (C=O) groups excluding carboxylic acids is 2. The van der Waals surface area contributed by atoms with Crippen LogP contribution in [0.3, 0.4) is 0 Å². The molecule has 1 saturated heterocycles. The highest BCUT2D eigenvalue weighted by molar-refractivity contribution is 6.21. The number of fused-ring (bicyclic) bond motifs is 2. The molecular formula is C39H40N2O7. The Labute approximate surface area is 280 Å². The smallest absolute Gasteiger partial charge is 0.261 e. The molecule has 7 rings (SSSR count). The van der Waals surface area contributed by atoms with Crippen LogP contribution < -0.4 is 9.47 Å². The second kappa shape index (κ2) is 13.5. The third-order valence-electron chi connectivity index (χ3n) is 9.83. The number of rotatable bonds is 9. The first-order valence-corrected chi connectivity index (χ1v) is 16.4. The van der Waals surface area contributed by atoms with E-state index in [1.807, 2.05) is 48.5 Å². The van der Waals surface area contributed by atoms with Crippen molar-refractivity contribution in [1.82, 2.24) is 9.80 Å². The lowest BCUT2D eigenvalue weighted by molar-refractivity contribution is -0.276. The summed E-state index contributed by atoms with van der Waals surface area (Å²) in [5.74, 6) is 0.971. The molecule has 1 N–H and O–H groups in total. The lowest BCUT2D eigenvalue weighted by Gasteiger charge is -2.43. The van der Waals surface area contributed by atoms with Gasteiger partial charge in [-0.3, -0.25) is 19.4 Å². The van der Waals surface area contributed by atoms with Crippen LogP contribution in [0, 0.1) is 5.92 Å². The lowest BCUT2D eigenvalue weighted by atomic mass is 9.89. The molecule has 9 heteroatoms. The number of carbonyl (C=O) groups is 2. The summed E-state index contributed by atoms with van der Waals surface area (Å²) in [5, 5.41) is 9.61. The maximum atomic E-state index is 12.9. The van der Waals surface area contributed by atoms with Gasteiger partial charge in [0.25, 0.3) is 11.8 Å². The van der Waals surface area contributed by atoms with Crippen molar-refractivity contribution in [3.05, 3.63) is 129 Å². The minimum absolute atomic E-state index is 0.0180. The van der Waals surface area contributed by atoms with Crippen LogP contribution in [0.5, 0.6) is 11.5 Å². The first kappa shape index (κ1) is 32.0. The molecular weight excluding hydrogens is 608 g/mol. The maximum absolute atomic E-state index is 12.9. The Balaban J connectivity index is 1.11. The summed E-state index contributed by atoms with van der Waals surface area (Å²) in [6, 6.07) is 26.7. The van der Waals surface area contributed by atoms with Gasteiger partial charge in [-0.2, -0.15) is 0 Å². The second-order valence-electron chi connectivity index (χ2n) is 12.8. The predicted molar refractivity (Wildman–Crippen MR) is 179 cm³/mol. The predicted octanol–water partition coefficient (Wildman–Crippen LogP) is 5.84. The van der Waals surface area contributed by atoms with Crippen molar-refractivity contribution >= 4 is 11.8 Å². The number of imide groups is 1. The summed E-state index contributed by atoms with van der Waals surface area (Å²) < 4.78 is 24.5. The van der Waals surface area contributed by atoms with Gasteiger partial charge in [-0.1, -0.05) is 67.6 Å². The van der Waals surface area contributed by atoms with E-state index in [2.05, 4.69) is 24.0 Å². The molecule has 48 heavy (non-hydrogen) atoms. The van der Waals surface area contributed by atoms with Gasteiger partial charge in [0.2, 0.25) is 0 Å². The third kappa shape index (κ3) is 6.10. The van der Waals surface area contributed by atoms with Gasteiger partial charge >= 0.3 is 0 Å². The lowest BCUT2D eigenvalue weighted by Crippen LogP contribution is -2.45. The van der Waals surface area contributed by atoms with Crippen molar-refractivity contribution in [3.63, 3.8) is 0 Å². The zero-order valence-corrected chi connectivity index (χ0v) is 27.4. The number of aliphatic hydroxyl groups excluding tert-OH is 1. The van der Waals surface area contributed by atoms with Gasteiger partial charge in [-0.15, -0.1) is 0 Å². The molecule has 0 bridgehead atoms. The Bertz CT molecular complexity index is 1770. The molecule has 0 unspecified atom stereocenters. The van der Waals surface area contributed by atoms with Crippen molar-refractivity contribution in [1.29, 1.82) is 0 Å². The average Bonchev–Trinajstić information content (AvgIpc) is 3.36. The SMILES string of the molecule is COc1cc2c(cc1OC)CN(C[C@H]1O[C@@H](c3ccc(CN4C(=O)c5ccccc5C4=O)cc3)O[C@@H](c3ccc(CO)cc3)[C@H]1C)CC2. The number of ether oxygens (including phenoxy) is 4. The summed E-state index contributed by atoms with van der Waals surface area (Å²) >= 11 is 0. The van der Waals surface area contributed by atoms with E-state index in [1.165, 1.54) is 16.0 Å². The molecule has 4 aromatic rings. The number of amides is 2. The fourth-order valence-electron chi connectivity index (χ4n) is 7.03. The Kier molecular flexibility index (Phi) is 9.02. The van der Waals surface area contributed by atoms with Crippen molar-refractivity contribution in [2.24, 2.45) is 5.92 Å². The zero-order chi connectivity index (χ0) is 33.4. The van der Waals surface area contributed by atoms with Crippen LogP contribution in [0.2, 0.25) is 0 Å².